The molecule has 0 aromatic heterocycles. The number of benzene rings is 1. The van der Waals surface area contributed by atoms with Crippen LogP contribution in [-0.2, 0) is 20.8 Å². The average Bonchev–Trinajstić information content (AvgIpc) is 2.37. The minimum atomic E-state index is -0.852. The fraction of sp³-hybridized carbons (Fsp3) is 0.308. The molecule has 3 amide bonds. The number of piperidine rings is 1. The minimum absolute atomic E-state index is 0.116. The second-order valence-electron chi connectivity index (χ2n) is 4.45. The van der Waals surface area contributed by atoms with Gasteiger partial charge in [-0.3, -0.25) is 19.7 Å². The Kier molecular flexibility index (Phi) is 4.07. The molecule has 1 fully saturated rings. The fourth-order valence-electron chi connectivity index (χ4n) is 1.94. The van der Waals surface area contributed by atoms with E-state index in [9.17, 15) is 23.2 Å². The van der Waals surface area contributed by atoms with E-state index in [-0.39, 0.29) is 18.4 Å². The van der Waals surface area contributed by atoms with Gasteiger partial charge in [0.2, 0.25) is 17.7 Å². The number of carbonyl (C=O) groups excluding carboxylic acids is 3. The van der Waals surface area contributed by atoms with E-state index in [0.717, 1.165) is 12.1 Å². The van der Waals surface area contributed by atoms with Crippen LogP contribution in [0.2, 0.25) is 0 Å². The molecule has 0 aliphatic carbocycles. The highest BCUT2D eigenvalue weighted by atomic mass is 19.1. The summed E-state index contributed by atoms with van der Waals surface area (Å²) in [5, 5.41) is 4.44. The molecule has 0 spiro atoms. The fourth-order valence-corrected chi connectivity index (χ4v) is 1.94. The predicted molar refractivity (Wildman–Crippen MR) is 64.4 cm³/mol. The number of hydrogen-bond acceptors (Lipinski definition) is 3. The predicted octanol–water partition coefficient (Wildman–Crippen LogP) is 0.429. The molecule has 0 radical (unpaired) electrons. The zero-order chi connectivity index (χ0) is 14.7. The van der Waals surface area contributed by atoms with Gasteiger partial charge in [0.25, 0.3) is 0 Å². The number of imide groups is 1. The van der Waals surface area contributed by atoms with Crippen LogP contribution in [-0.4, -0.2) is 23.8 Å². The summed E-state index contributed by atoms with van der Waals surface area (Å²) >= 11 is 0. The number of carbonyl (C=O) groups is 3. The highest BCUT2D eigenvalue weighted by Crippen LogP contribution is 2.13. The lowest BCUT2D eigenvalue weighted by molar-refractivity contribution is -0.137. The Balaban J connectivity index is 1.99. The lowest BCUT2D eigenvalue weighted by Crippen LogP contribution is -2.52. The Labute approximate surface area is 113 Å². The summed E-state index contributed by atoms with van der Waals surface area (Å²) in [6.45, 7) is 0. The van der Waals surface area contributed by atoms with Crippen LogP contribution in [0.25, 0.3) is 0 Å². The summed E-state index contributed by atoms with van der Waals surface area (Å²) < 4.78 is 26.7. The van der Waals surface area contributed by atoms with Crippen molar-refractivity contribution in [3.8, 4) is 0 Å². The van der Waals surface area contributed by atoms with Crippen LogP contribution < -0.4 is 10.6 Å². The first kappa shape index (κ1) is 14.1. The molecular formula is C13H12F2N2O3. The Morgan fingerprint density at radius 1 is 1.30 bits per heavy atom. The maximum absolute atomic E-state index is 13.4. The SMILES string of the molecule is O=C1CCC(NC(=O)Cc2c(F)cccc2F)C(=O)N1. The second-order valence-corrected chi connectivity index (χ2v) is 4.45. The molecule has 5 nitrogen and oxygen atoms in total. The number of hydrogen-bond donors (Lipinski definition) is 2. The van der Waals surface area contributed by atoms with Gasteiger partial charge in [-0.2, -0.15) is 0 Å². The molecule has 1 aliphatic rings. The van der Waals surface area contributed by atoms with Crippen molar-refractivity contribution < 1.29 is 23.2 Å². The Hall–Kier alpha value is -2.31. The summed E-state index contributed by atoms with van der Waals surface area (Å²) in [7, 11) is 0. The Morgan fingerprint density at radius 3 is 2.55 bits per heavy atom. The lowest BCUT2D eigenvalue weighted by atomic mass is 10.1. The summed E-state index contributed by atoms with van der Waals surface area (Å²) in [5.41, 5.74) is -0.350. The van der Waals surface area contributed by atoms with E-state index in [2.05, 4.69) is 10.6 Å². The van der Waals surface area contributed by atoms with Crippen molar-refractivity contribution in [3.63, 3.8) is 0 Å². The quantitative estimate of drug-likeness (QED) is 0.789. The third-order valence-electron chi connectivity index (χ3n) is 2.97. The van der Waals surface area contributed by atoms with E-state index in [0.29, 0.717) is 0 Å². The van der Waals surface area contributed by atoms with Crippen molar-refractivity contribution in [2.75, 3.05) is 0 Å². The molecule has 1 unspecified atom stereocenters. The first-order chi connectivity index (χ1) is 9.47. The van der Waals surface area contributed by atoms with Gasteiger partial charge in [-0.15, -0.1) is 0 Å². The number of nitrogens with one attached hydrogen (secondary N) is 2. The van der Waals surface area contributed by atoms with Gasteiger partial charge in [-0.05, 0) is 18.6 Å². The molecule has 0 saturated carbocycles. The van der Waals surface area contributed by atoms with Crippen LogP contribution in [0.3, 0.4) is 0 Å². The second kappa shape index (κ2) is 5.77. The monoisotopic (exact) mass is 282 g/mol. The molecule has 7 heteroatoms. The van der Waals surface area contributed by atoms with Gasteiger partial charge in [-0.25, -0.2) is 8.78 Å². The van der Waals surface area contributed by atoms with Crippen LogP contribution in [0.4, 0.5) is 8.78 Å². The zero-order valence-corrected chi connectivity index (χ0v) is 10.4. The van der Waals surface area contributed by atoms with Crippen LogP contribution >= 0.6 is 0 Å². The maximum Gasteiger partial charge on any atom is 0.249 e. The Bertz CT molecular complexity index is 554. The van der Waals surface area contributed by atoms with Gasteiger partial charge in [0, 0.05) is 12.0 Å². The van der Waals surface area contributed by atoms with E-state index in [1.165, 1.54) is 6.07 Å². The third kappa shape index (κ3) is 3.17. The summed E-state index contributed by atoms with van der Waals surface area (Å²) in [5.74, 6) is -3.32. The van der Waals surface area contributed by atoms with Crippen LogP contribution in [0.1, 0.15) is 18.4 Å². The minimum Gasteiger partial charge on any atom is -0.344 e. The number of amides is 3. The van der Waals surface area contributed by atoms with Crippen molar-refractivity contribution in [3.05, 3.63) is 35.4 Å². The van der Waals surface area contributed by atoms with E-state index in [4.69, 9.17) is 0 Å². The zero-order valence-electron chi connectivity index (χ0n) is 10.4. The van der Waals surface area contributed by atoms with Gasteiger partial charge >= 0.3 is 0 Å². The highest BCUT2D eigenvalue weighted by Gasteiger charge is 2.28. The van der Waals surface area contributed by atoms with Crippen molar-refractivity contribution >= 4 is 17.7 Å². The van der Waals surface area contributed by atoms with Crippen LogP contribution in [0.15, 0.2) is 18.2 Å². The van der Waals surface area contributed by atoms with Gasteiger partial charge in [-0.1, -0.05) is 6.07 Å². The van der Waals surface area contributed by atoms with Crippen molar-refractivity contribution in [2.24, 2.45) is 0 Å². The normalized spacial score (nSPS) is 18.6. The largest absolute Gasteiger partial charge is 0.344 e. The van der Waals surface area contributed by atoms with Crippen molar-refractivity contribution in [1.82, 2.24) is 10.6 Å². The molecule has 20 heavy (non-hydrogen) atoms. The standard InChI is InChI=1S/C13H12F2N2O3/c14-8-2-1-3-9(15)7(8)6-12(19)16-10-4-5-11(18)17-13(10)20/h1-3,10H,4-6H2,(H,16,19)(H,17,18,20). The molecule has 1 saturated heterocycles. The van der Waals surface area contributed by atoms with E-state index < -0.39 is 41.8 Å². The third-order valence-corrected chi connectivity index (χ3v) is 2.97. The van der Waals surface area contributed by atoms with Crippen molar-refractivity contribution in [1.29, 1.82) is 0 Å². The molecule has 106 valence electrons. The molecule has 1 aromatic rings. The molecule has 1 aromatic carbocycles. The number of halogens is 2. The van der Waals surface area contributed by atoms with Gasteiger partial charge in [0.15, 0.2) is 0 Å². The molecule has 1 atom stereocenters. The average molecular weight is 282 g/mol. The molecule has 1 aliphatic heterocycles. The Morgan fingerprint density at radius 2 is 1.95 bits per heavy atom. The molecular weight excluding hydrogens is 270 g/mol. The molecule has 2 N–H and O–H groups in total. The summed E-state index contributed by atoms with van der Waals surface area (Å²) in [4.78, 5) is 34.1. The maximum atomic E-state index is 13.4. The van der Waals surface area contributed by atoms with E-state index in [1.54, 1.807) is 0 Å². The van der Waals surface area contributed by atoms with E-state index >= 15 is 0 Å². The summed E-state index contributed by atoms with van der Waals surface area (Å²) in [6.07, 6.45) is -0.211. The first-order valence-electron chi connectivity index (χ1n) is 6.03. The smallest absolute Gasteiger partial charge is 0.249 e. The van der Waals surface area contributed by atoms with Crippen LogP contribution in [0, 0.1) is 11.6 Å². The molecule has 2 rings (SSSR count). The molecule has 0 bridgehead atoms. The molecule has 1 heterocycles. The highest BCUT2D eigenvalue weighted by molar-refractivity contribution is 6.01. The topological polar surface area (TPSA) is 75.3 Å². The van der Waals surface area contributed by atoms with Gasteiger partial charge in [0.05, 0.1) is 6.42 Å². The first-order valence-corrected chi connectivity index (χ1v) is 6.03. The number of rotatable bonds is 3. The van der Waals surface area contributed by atoms with Gasteiger partial charge < -0.3 is 5.32 Å². The lowest BCUT2D eigenvalue weighted by Gasteiger charge is -2.21. The van der Waals surface area contributed by atoms with Crippen molar-refractivity contribution in [2.45, 2.75) is 25.3 Å². The summed E-state index contributed by atoms with van der Waals surface area (Å²) in [6, 6.07) is 2.46. The van der Waals surface area contributed by atoms with Gasteiger partial charge in [0.1, 0.15) is 17.7 Å². The van der Waals surface area contributed by atoms with Crippen LogP contribution in [0.5, 0.6) is 0 Å². The van der Waals surface area contributed by atoms with E-state index in [1.807, 2.05) is 0 Å².